The number of carbonyl (C=O) groups is 1. The number of nitrogens with one attached hydrogen (secondary N) is 2. The van der Waals surface area contributed by atoms with Crippen molar-refractivity contribution in [3.63, 3.8) is 0 Å². The molecule has 0 radical (unpaired) electrons. The van der Waals surface area contributed by atoms with Crippen LogP contribution in [0.3, 0.4) is 0 Å². The van der Waals surface area contributed by atoms with Crippen molar-refractivity contribution >= 4 is 6.03 Å². The van der Waals surface area contributed by atoms with E-state index in [1.807, 2.05) is 0 Å². The van der Waals surface area contributed by atoms with E-state index in [4.69, 9.17) is 0 Å². The Kier molecular flexibility index (Phi) is 3.63. The first kappa shape index (κ1) is 13.4. The zero-order valence-corrected chi connectivity index (χ0v) is 12.2. The Bertz CT molecular complexity index is 492. The molecule has 1 aliphatic carbocycles. The van der Waals surface area contributed by atoms with Crippen LogP contribution in [-0.4, -0.2) is 27.3 Å². The van der Waals surface area contributed by atoms with Gasteiger partial charge in [0.25, 0.3) is 0 Å². The Balaban J connectivity index is 1.66. The monoisotopic (exact) mass is 277 g/mol. The molecule has 1 atom stereocenters. The largest absolute Gasteiger partial charge is 0.338 e. The molecule has 0 saturated heterocycles. The summed E-state index contributed by atoms with van der Waals surface area (Å²) >= 11 is 0. The Hall–Kier alpha value is -1.59. The predicted octanol–water partition coefficient (Wildman–Crippen LogP) is 1.63. The van der Waals surface area contributed by atoms with Gasteiger partial charge in [0.15, 0.2) is 5.82 Å². The number of amides is 2. The maximum atomic E-state index is 12.0. The first-order chi connectivity index (χ1) is 9.65. The number of carbonyl (C=O) groups excluding carboxylic acids is 1. The lowest BCUT2D eigenvalue weighted by Gasteiger charge is -2.22. The zero-order valence-electron chi connectivity index (χ0n) is 12.2. The molecule has 1 fully saturated rings. The first-order valence-electron chi connectivity index (χ1n) is 7.61. The van der Waals surface area contributed by atoms with Crippen molar-refractivity contribution < 1.29 is 4.79 Å². The molecule has 2 aliphatic rings. The number of urea groups is 1. The van der Waals surface area contributed by atoms with Crippen LogP contribution in [0.25, 0.3) is 0 Å². The maximum Gasteiger partial charge on any atom is 0.315 e. The molecule has 20 heavy (non-hydrogen) atoms. The Labute approximate surface area is 119 Å². The number of hydrogen-bond donors (Lipinski definition) is 2. The average Bonchev–Trinajstić information content (AvgIpc) is 2.97. The van der Waals surface area contributed by atoms with Gasteiger partial charge in [0, 0.05) is 19.5 Å². The molecule has 2 heterocycles. The topological polar surface area (TPSA) is 71.8 Å². The van der Waals surface area contributed by atoms with Crippen molar-refractivity contribution in [2.75, 3.05) is 6.54 Å². The minimum absolute atomic E-state index is 0.0754. The minimum Gasteiger partial charge on any atom is -0.338 e. The number of aryl methyl sites for hydroxylation is 1. The third kappa shape index (κ3) is 2.78. The molecule has 0 bridgehead atoms. The van der Waals surface area contributed by atoms with Crippen molar-refractivity contribution in [3.8, 4) is 0 Å². The second kappa shape index (κ2) is 5.42. The number of hydrogen-bond acceptors (Lipinski definition) is 3. The van der Waals surface area contributed by atoms with Crippen molar-refractivity contribution in [2.45, 2.75) is 52.1 Å². The van der Waals surface area contributed by atoms with E-state index in [1.54, 1.807) is 0 Å². The zero-order chi connectivity index (χ0) is 14.1. The second-order valence-electron chi connectivity index (χ2n) is 6.25. The van der Waals surface area contributed by atoms with E-state index in [0.29, 0.717) is 5.92 Å². The normalized spacial score (nSPS) is 18.9. The molecular weight excluding hydrogens is 254 g/mol. The summed E-state index contributed by atoms with van der Waals surface area (Å²) in [5, 5.41) is 14.5. The van der Waals surface area contributed by atoms with Gasteiger partial charge in [0.05, 0.1) is 6.04 Å². The van der Waals surface area contributed by atoms with Crippen LogP contribution >= 0.6 is 0 Å². The molecule has 1 saturated carbocycles. The van der Waals surface area contributed by atoms with Crippen LogP contribution in [0.15, 0.2) is 0 Å². The molecule has 1 aromatic rings. The number of nitrogens with zero attached hydrogens (tertiary/aromatic N) is 3. The molecule has 6 nitrogen and oxygen atoms in total. The van der Waals surface area contributed by atoms with Gasteiger partial charge < -0.3 is 15.2 Å². The molecule has 2 N–H and O–H groups in total. The second-order valence-corrected chi connectivity index (χ2v) is 6.25. The molecule has 1 unspecified atom stereocenters. The molecule has 1 aliphatic heterocycles. The summed E-state index contributed by atoms with van der Waals surface area (Å²) in [7, 11) is 0. The van der Waals surface area contributed by atoms with Gasteiger partial charge in [0.1, 0.15) is 5.82 Å². The summed E-state index contributed by atoms with van der Waals surface area (Å²) in [6.45, 7) is 5.95. The lowest BCUT2D eigenvalue weighted by Crippen LogP contribution is -2.41. The standard InChI is InChI=1S/C14H23N5O/c1-9(2)12(16-14(20)15-8-10-5-6-10)13-18-17-11-4-3-7-19(11)13/h9-10,12H,3-8H2,1-2H3,(H2,15,16,20). The highest BCUT2D eigenvalue weighted by Crippen LogP contribution is 2.28. The molecular formula is C14H23N5O. The van der Waals surface area contributed by atoms with Gasteiger partial charge in [-0.1, -0.05) is 13.8 Å². The highest BCUT2D eigenvalue weighted by Gasteiger charge is 2.28. The summed E-state index contributed by atoms with van der Waals surface area (Å²) < 4.78 is 2.16. The molecule has 110 valence electrons. The van der Waals surface area contributed by atoms with Crippen LogP contribution in [0.1, 0.15) is 50.8 Å². The lowest BCUT2D eigenvalue weighted by atomic mass is 10.0. The van der Waals surface area contributed by atoms with Gasteiger partial charge in [-0.05, 0) is 31.1 Å². The van der Waals surface area contributed by atoms with E-state index in [9.17, 15) is 4.79 Å². The van der Waals surface area contributed by atoms with Crippen LogP contribution in [-0.2, 0) is 13.0 Å². The molecule has 3 rings (SSSR count). The predicted molar refractivity (Wildman–Crippen MR) is 75.2 cm³/mol. The quantitative estimate of drug-likeness (QED) is 0.859. The van der Waals surface area contributed by atoms with Gasteiger partial charge >= 0.3 is 6.03 Å². The van der Waals surface area contributed by atoms with Crippen molar-refractivity contribution in [1.29, 1.82) is 0 Å². The van der Waals surface area contributed by atoms with Crippen LogP contribution in [0, 0.1) is 11.8 Å². The van der Waals surface area contributed by atoms with Crippen molar-refractivity contribution in [2.24, 2.45) is 11.8 Å². The summed E-state index contributed by atoms with van der Waals surface area (Å²) in [4.78, 5) is 12.0. The number of fused-ring (bicyclic) bond motifs is 1. The third-order valence-corrected chi connectivity index (χ3v) is 4.12. The minimum atomic E-state index is -0.0917. The van der Waals surface area contributed by atoms with E-state index < -0.39 is 0 Å². The highest BCUT2D eigenvalue weighted by atomic mass is 16.2. The molecule has 2 amide bonds. The fraction of sp³-hybridized carbons (Fsp3) is 0.786. The Morgan fingerprint density at radius 1 is 1.40 bits per heavy atom. The molecule has 0 aromatic carbocycles. The van der Waals surface area contributed by atoms with Crippen LogP contribution < -0.4 is 10.6 Å². The lowest BCUT2D eigenvalue weighted by molar-refractivity contribution is 0.231. The van der Waals surface area contributed by atoms with E-state index in [2.05, 4.69) is 39.2 Å². The average molecular weight is 277 g/mol. The molecule has 1 aromatic heterocycles. The third-order valence-electron chi connectivity index (χ3n) is 4.12. The van der Waals surface area contributed by atoms with Crippen LogP contribution in [0.2, 0.25) is 0 Å². The Morgan fingerprint density at radius 3 is 2.90 bits per heavy atom. The van der Waals surface area contributed by atoms with E-state index in [-0.39, 0.29) is 18.0 Å². The van der Waals surface area contributed by atoms with E-state index in [0.717, 1.165) is 37.6 Å². The smallest absolute Gasteiger partial charge is 0.315 e. The Morgan fingerprint density at radius 2 is 2.20 bits per heavy atom. The summed E-state index contributed by atoms with van der Waals surface area (Å²) in [6.07, 6.45) is 4.60. The van der Waals surface area contributed by atoms with Gasteiger partial charge in [-0.3, -0.25) is 0 Å². The van der Waals surface area contributed by atoms with Gasteiger partial charge in [-0.2, -0.15) is 0 Å². The molecule has 6 heteroatoms. The molecule has 0 spiro atoms. The van der Waals surface area contributed by atoms with E-state index >= 15 is 0 Å². The van der Waals surface area contributed by atoms with Crippen LogP contribution in [0.5, 0.6) is 0 Å². The summed E-state index contributed by atoms with van der Waals surface area (Å²) in [5.74, 6) is 2.92. The van der Waals surface area contributed by atoms with Gasteiger partial charge in [0.2, 0.25) is 0 Å². The van der Waals surface area contributed by atoms with Crippen molar-refractivity contribution in [1.82, 2.24) is 25.4 Å². The SMILES string of the molecule is CC(C)C(NC(=O)NCC1CC1)c1nnc2n1CCC2. The summed E-state index contributed by atoms with van der Waals surface area (Å²) in [6, 6.07) is -0.167. The van der Waals surface area contributed by atoms with E-state index in [1.165, 1.54) is 12.8 Å². The number of aromatic nitrogens is 3. The summed E-state index contributed by atoms with van der Waals surface area (Å²) in [5.41, 5.74) is 0. The van der Waals surface area contributed by atoms with Gasteiger partial charge in [-0.25, -0.2) is 4.79 Å². The highest BCUT2D eigenvalue weighted by molar-refractivity contribution is 5.74. The first-order valence-corrected chi connectivity index (χ1v) is 7.61. The number of rotatable bonds is 5. The van der Waals surface area contributed by atoms with Crippen LogP contribution in [0.4, 0.5) is 4.79 Å². The van der Waals surface area contributed by atoms with Crippen molar-refractivity contribution in [3.05, 3.63) is 11.6 Å². The van der Waals surface area contributed by atoms with Gasteiger partial charge in [-0.15, -0.1) is 10.2 Å². The fourth-order valence-corrected chi connectivity index (χ4v) is 2.68. The fourth-order valence-electron chi connectivity index (χ4n) is 2.68. The maximum absolute atomic E-state index is 12.0.